The average Bonchev–Trinajstić information content (AvgIpc) is 2.41. The number of rotatable bonds is 2. The predicted octanol–water partition coefficient (Wildman–Crippen LogP) is 2.76. The van der Waals surface area contributed by atoms with Gasteiger partial charge in [0.25, 0.3) is 0 Å². The summed E-state index contributed by atoms with van der Waals surface area (Å²) in [5, 5.41) is 20.9. The molecule has 0 saturated heterocycles. The molecule has 0 spiro atoms. The third-order valence-corrected chi connectivity index (χ3v) is 2.43. The molecule has 86 valence electrons. The van der Waals surface area contributed by atoms with Crippen LogP contribution in [0.1, 0.15) is 11.1 Å². The molecule has 0 atom stereocenters. The van der Waals surface area contributed by atoms with Crippen molar-refractivity contribution >= 4 is 17.1 Å². The molecule has 4 nitrogen and oxygen atoms in total. The van der Waals surface area contributed by atoms with Crippen LogP contribution in [-0.4, -0.2) is 0 Å². The van der Waals surface area contributed by atoms with Gasteiger partial charge >= 0.3 is 0 Å². The van der Waals surface area contributed by atoms with Crippen LogP contribution in [0.5, 0.6) is 0 Å². The van der Waals surface area contributed by atoms with Gasteiger partial charge in [-0.05, 0) is 36.4 Å². The molecule has 0 radical (unpaired) electrons. The topological polar surface area (TPSA) is 85.6 Å². The highest BCUT2D eigenvalue weighted by molar-refractivity contribution is 5.69. The Morgan fingerprint density at radius 2 is 1.83 bits per heavy atom. The number of nitrogens with two attached hydrogens (primary N) is 1. The van der Waals surface area contributed by atoms with Crippen molar-refractivity contribution in [1.82, 2.24) is 0 Å². The Labute approximate surface area is 105 Å². The molecule has 0 fully saturated rings. The summed E-state index contributed by atoms with van der Waals surface area (Å²) in [5.41, 5.74) is 8.63. The lowest BCUT2D eigenvalue weighted by Crippen LogP contribution is -1.95. The molecule has 4 heteroatoms. The molecule has 0 bridgehead atoms. The van der Waals surface area contributed by atoms with Gasteiger partial charge in [-0.3, -0.25) is 0 Å². The van der Waals surface area contributed by atoms with Gasteiger partial charge in [-0.2, -0.15) is 10.5 Å². The first kappa shape index (κ1) is 11.5. The molecular weight excluding hydrogens is 224 g/mol. The summed E-state index contributed by atoms with van der Waals surface area (Å²) in [4.78, 5) is 0. The summed E-state index contributed by atoms with van der Waals surface area (Å²) in [7, 11) is 0. The van der Waals surface area contributed by atoms with Crippen LogP contribution in [0.3, 0.4) is 0 Å². The molecule has 0 amide bonds. The monoisotopic (exact) mass is 234 g/mol. The van der Waals surface area contributed by atoms with E-state index in [1.165, 1.54) is 0 Å². The molecule has 0 saturated carbocycles. The number of nitrogen functional groups attached to an aromatic ring is 1. The second-order valence-electron chi connectivity index (χ2n) is 3.73. The zero-order chi connectivity index (χ0) is 13.0. The van der Waals surface area contributed by atoms with Crippen molar-refractivity contribution in [1.29, 1.82) is 10.5 Å². The van der Waals surface area contributed by atoms with Gasteiger partial charge in [0.05, 0.1) is 22.9 Å². The highest BCUT2D eigenvalue weighted by Gasteiger charge is 2.03. The Kier molecular flexibility index (Phi) is 3.13. The Morgan fingerprint density at radius 1 is 1.00 bits per heavy atom. The standard InChI is InChI=1S/C14H10N4/c15-8-10-2-1-3-13(6-10)18-14-5-4-12(17)7-11(14)9-16/h1-7,18H,17H2. The van der Waals surface area contributed by atoms with E-state index in [-0.39, 0.29) is 0 Å². The number of hydrogen-bond acceptors (Lipinski definition) is 4. The summed E-state index contributed by atoms with van der Waals surface area (Å²) in [6, 6.07) is 16.3. The number of nitrogens with one attached hydrogen (secondary N) is 1. The van der Waals surface area contributed by atoms with Gasteiger partial charge in [0, 0.05) is 11.4 Å². The average molecular weight is 234 g/mol. The quantitative estimate of drug-likeness (QED) is 0.782. The maximum absolute atomic E-state index is 9.02. The minimum atomic E-state index is 0.470. The number of nitriles is 2. The van der Waals surface area contributed by atoms with Crippen LogP contribution in [-0.2, 0) is 0 Å². The minimum absolute atomic E-state index is 0.470. The molecule has 0 aliphatic carbocycles. The van der Waals surface area contributed by atoms with Crippen molar-refractivity contribution in [3.8, 4) is 12.1 Å². The molecule has 2 aromatic carbocycles. The van der Waals surface area contributed by atoms with Crippen LogP contribution < -0.4 is 11.1 Å². The second kappa shape index (κ2) is 4.90. The molecule has 0 aromatic heterocycles. The van der Waals surface area contributed by atoms with Gasteiger partial charge in [0.1, 0.15) is 6.07 Å². The lowest BCUT2D eigenvalue weighted by molar-refractivity contribution is 1.45. The van der Waals surface area contributed by atoms with Crippen LogP contribution in [0.15, 0.2) is 42.5 Å². The van der Waals surface area contributed by atoms with Gasteiger partial charge in [-0.25, -0.2) is 0 Å². The zero-order valence-corrected chi connectivity index (χ0v) is 9.51. The first-order valence-electron chi connectivity index (χ1n) is 5.30. The van der Waals surface area contributed by atoms with Gasteiger partial charge < -0.3 is 11.1 Å². The highest BCUT2D eigenvalue weighted by atomic mass is 14.9. The van der Waals surface area contributed by atoms with Crippen LogP contribution in [0.2, 0.25) is 0 Å². The van der Waals surface area contributed by atoms with Crippen molar-refractivity contribution < 1.29 is 0 Å². The smallest absolute Gasteiger partial charge is 0.101 e. The van der Waals surface area contributed by atoms with E-state index in [4.69, 9.17) is 16.3 Å². The van der Waals surface area contributed by atoms with E-state index in [1.807, 2.05) is 6.07 Å². The second-order valence-corrected chi connectivity index (χ2v) is 3.73. The summed E-state index contributed by atoms with van der Waals surface area (Å²) >= 11 is 0. The Morgan fingerprint density at radius 3 is 2.56 bits per heavy atom. The van der Waals surface area contributed by atoms with Gasteiger partial charge in [0.2, 0.25) is 0 Å². The van der Waals surface area contributed by atoms with Crippen molar-refractivity contribution in [2.24, 2.45) is 0 Å². The van der Waals surface area contributed by atoms with E-state index in [1.54, 1.807) is 36.4 Å². The van der Waals surface area contributed by atoms with Crippen molar-refractivity contribution in [2.75, 3.05) is 11.1 Å². The van der Waals surface area contributed by atoms with Crippen molar-refractivity contribution in [3.63, 3.8) is 0 Å². The molecule has 3 N–H and O–H groups in total. The van der Waals surface area contributed by atoms with Crippen LogP contribution in [0, 0.1) is 22.7 Å². The molecule has 18 heavy (non-hydrogen) atoms. The first-order valence-corrected chi connectivity index (χ1v) is 5.30. The number of anilines is 3. The third kappa shape index (κ3) is 2.40. The lowest BCUT2D eigenvalue weighted by Gasteiger charge is -2.08. The third-order valence-electron chi connectivity index (χ3n) is 2.43. The number of nitrogens with zero attached hydrogens (tertiary/aromatic N) is 2. The molecule has 2 rings (SSSR count). The van der Waals surface area contributed by atoms with Gasteiger partial charge in [0.15, 0.2) is 0 Å². The summed E-state index contributed by atoms with van der Waals surface area (Å²) < 4.78 is 0. The van der Waals surface area contributed by atoms with E-state index in [0.717, 1.165) is 5.69 Å². The van der Waals surface area contributed by atoms with Crippen molar-refractivity contribution in [2.45, 2.75) is 0 Å². The van der Waals surface area contributed by atoms with Crippen molar-refractivity contribution in [3.05, 3.63) is 53.6 Å². The van der Waals surface area contributed by atoms with Crippen LogP contribution >= 0.6 is 0 Å². The molecule has 0 unspecified atom stereocenters. The Balaban J connectivity index is 2.35. The highest BCUT2D eigenvalue weighted by Crippen LogP contribution is 2.23. The Hall–Kier alpha value is -2.98. The Bertz CT molecular complexity index is 662. The van der Waals surface area contributed by atoms with E-state index >= 15 is 0 Å². The van der Waals surface area contributed by atoms with Crippen LogP contribution in [0.25, 0.3) is 0 Å². The van der Waals surface area contributed by atoms with E-state index in [9.17, 15) is 0 Å². The van der Waals surface area contributed by atoms with Crippen LogP contribution in [0.4, 0.5) is 17.1 Å². The fraction of sp³-hybridized carbons (Fsp3) is 0. The lowest BCUT2D eigenvalue weighted by atomic mass is 10.1. The molecule has 0 aliphatic heterocycles. The maximum atomic E-state index is 9.02. The van der Waals surface area contributed by atoms with Gasteiger partial charge in [-0.15, -0.1) is 0 Å². The molecule has 0 heterocycles. The number of hydrogen-bond donors (Lipinski definition) is 2. The van der Waals surface area contributed by atoms with E-state index in [2.05, 4.69) is 17.5 Å². The fourth-order valence-corrected chi connectivity index (χ4v) is 1.59. The summed E-state index contributed by atoms with van der Waals surface area (Å²) in [6.07, 6.45) is 0. The maximum Gasteiger partial charge on any atom is 0.101 e. The zero-order valence-electron chi connectivity index (χ0n) is 9.51. The predicted molar refractivity (Wildman–Crippen MR) is 70.0 cm³/mol. The number of benzene rings is 2. The van der Waals surface area contributed by atoms with Gasteiger partial charge in [-0.1, -0.05) is 6.07 Å². The fourth-order valence-electron chi connectivity index (χ4n) is 1.59. The summed E-state index contributed by atoms with van der Waals surface area (Å²) in [5.74, 6) is 0. The van der Waals surface area contributed by atoms with E-state index < -0.39 is 0 Å². The minimum Gasteiger partial charge on any atom is -0.399 e. The molecule has 2 aromatic rings. The molecular formula is C14H10N4. The van der Waals surface area contributed by atoms with E-state index in [0.29, 0.717) is 22.5 Å². The SMILES string of the molecule is N#Cc1cccc(Nc2ccc(N)cc2C#N)c1. The normalized spacial score (nSPS) is 9.22. The molecule has 0 aliphatic rings. The first-order chi connectivity index (χ1) is 8.72. The summed E-state index contributed by atoms with van der Waals surface area (Å²) in [6.45, 7) is 0. The largest absolute Gasteiger partial charge is 0.399 e.